The minimum atomic E-state index is -3.80. The number of hydrogen-bond acceptors (Lipinski definition) is 5. The smallest absolute Gasteiger partial charge is 0.247 e. The summed E-state index contributed by atoms with van der Waals surface area (Å²) in [6.07, 6.45) is -0.182. The minimum absolute atomic E-state index is 0.0466. The maximum Gasteiger partial charge on any atom is 0.247 e. The van der Waals surface area contributed by atoms with Crippen LogP contribution in [-0.4, -0.2) is 68.7 Å². The van der Waals surface area contributed by atoms with Crippen LogP contribution in [0.2, 0.25) is 0 Å². The number of likely N-dealkylation sites (N-methyl/N-ethyl adjacent to an activating group) is 1. The average molecular weight is 419 g/mol. The summed E-state index contributed by atoms with van der Waals surface area (Å²) in [5.74, 6) is 0.314. The van der Waals surface area contributed by atoms with E-state index in [1.807, 2.05) is 68.4 Å². The lowest BCUT2D eigenvalue weighted by Crippen LogP contribution is -2.49. The number of fused-ring (bicyclic) bond motifs is 1. The highest BCUT2D eigenvalue weighted by molar-refractivity contribution is 7.89. The molecule has 3 atom stereocenters. The van der Waals surface area contributed by atoms with E-state index in [-0.39, 0.29) is 23.5 Å². The fourth-order valence-electron chi connectivity index (χ4n) is 3.61. The molecule has 0 radical (unpaired) electrons. The Morgan fingerprint density at radius 1 is 1.17 bits per heavy atom. The van der Waals surface area contributed by atoms with Crippen molar-refractivity contribution in [2.75, 3.05) is 33.8 Å². The fourth-order valence-corrected chi connectivity index (χ4v) is 5.44. The number of hydrogen-bond donors (Lipinski definition) is 1. The van der Waals surface area contributed by atoms with E-state index in [1.165, 1.54) is 4.31 Å². The Morgan fingerprint density at radius 2 is 1.86 bits per heavy atom. The monoisotopic (exact) mass is 418 g/mol. The van der Waals surface area contributed by atoms with Crippen molar-refractivity contribution in [2.24, 2.45) is 5.92 Å². The van der Waals surface area contributed by atoms with Gasteiger partial charge in [0.25, 0.3) is 0 Å². The molecule has 6 nitrogen and oxygen atoms in total. The van der Waals surface area contributed by atoms with Gasteiger partial charge in [-0.15, -0.1) is 0 Å². The summed E-state index contributed by atoms with van der Waals surface area (Å²) in [5, 5.41) is 9.67. The Hall–Kier alpha value is -1.93. The predicted molar refractivity (Wildman–Crippen MR) is 114 cm³/mol. The van der Waals surface area contributed by atoms with E-state index in [2.05, 4.69) is 0 Å². The largest absolute Gasteiger partial charge is 0.487 e. The molecule has 0 saturated carbocycles. The van der Waals surface area contributed by atoms with Crippen LogP contribution in [0.3, 0.4) is 0 Å². The van der Waals surface area contributed by atoms with E-state index >= 15 is 0 Å². The molecule has 1 aliphatic heterocycles. The van der Waals surface area contributed by atoms with Gasteiger partial charge in [0.15, 0.2) is 0 Å². The molecule has 0 fully saturated rings. The van der Waals surface area contributed by atoms with Crippen molar-refractivity contribution >= 4 is 10.0 Å². The molecule has 1 heterocycles. The lowest BCUT2D eigenvalue weighted by molar-refractivity contribution is 0.0813. The number of nitrogens with zero attached hydrogens (tertiary/aromatic N) is 2. The Bertz CT molecular complexity index is 931. The Morgan fingerprint density at radius 3 is 2.48 bits per heavy atom. The Labute approximate surface area is 173 Å². The molecular formula is C22H30N2O4S. The van der Waals surface area contributed by atoms with Crippen molar-refractivity contribution in [3.05, 3.63) is 48.5 Å². The maximum absolute atomic E-state index is 13.4. The molecule has 7 heteroatoms. The molecule has 2 aromatic rings. The van der Waals surface area contributed by atoms with Crippen LogP contribution in [0.5, 0.6) is 5.75 Å². The molecule has 158 valence electrons. The molecule has 0 aliphatic carbocycles. The second-order valence-electron chi connectivity index (χ2n) is 8.03. The maximum atomic E-state index is 13.4. The third-order valence-corrected chi connectivity index (χ3v) is 7.34. The van der Waals surface area contributed by atoms with Gasteiger partial charge in [0, 0.05) is 25.0 Å². The zero-order valence-corrected chi connectivity index (χ0v) is 18.3. The van der Waals surface area contributed by atoms with E-state index in [0.29, 0.717) is 18.8 Å². The topological polar surface area (TPSA) is 70.1 Å². The lowest BCUT2D eigenvalue weighted by Gasteiger charge is -2.37. The van der Waals surface area contributed by atoms with E-state index in [0.717, 1.165) is 11.1 Å². The summed E-state index contributed by atoms with van der Waals surface area (Å²) in [7, 11) is 0.143. The van der Waals surface area contributed by atoms with E-state index in [1.54, 1.807) is 13.0 Å². The van der Waals surface area contributed by atoms with Crippen LogP contribution in [0.15, 0.2) is 53.4 Å². The normalized spacial score (nSPS) is 23.0. The molecule has 0 bridgehead atoms. The van der Waals surface area contributed by atoms with Crippen LogP contribution < -0.4 is 4.74 Å². The van der Waals surface area contributed by atoms with E-state index in [9.17, 15) is 13.5 Å². The molecular weight excluding hydrogens is 388 g/mol. The molecule has 29 heavy (non-hydrogen) atoms. The summed E-state index contributed by atoms with van der Waals surface area (Å²) >= 11 is 0. The summed E-state index contributed by atoms with van der Waals surface area (Å²) in [6.45, 7) is 4.45. The molecule has 0 aromatic heterocycles. The SMILES string of the molecule is C[C@@H]1CN([C@@H](C)CO)S(=O)(=O)c2ccc(-c3ccccc3)cc2O[C@H]1CN(C)C. The highest BCUT2D eigenvalue weighted by atomic mass is 32.2. The Kier molecular flexibility index (Phi) is 6.63. The van der Waals surface area contributed by atoms with E-state index < -0.39 is 16.1 Å². The van der Waals surface area contributed by atoms with Crippen molar-refractivity contribution in [3.8, 4) is 16.9 Å². The average Bonchev–Trinajstić information content (AvgIpc) is 2.70. The molecule has 2 aromatic carbocycles. The van der Waals surface area contributed by atoms with Gasteiger partial charge in [-0.25, -0.2) is 8.42 Å². The summed E-state index contributed by atoms with van der Waals surface area (Å²) in [6, 6.07) is 14.5. The standard InChI is InChI=1S/C22H30N2O4S/c1-16-13-24(17(2)15-25)29(26,27)22-11-10-19(18-8-6-5-7-9-18)12-20(22)28-21(16)14-23(3)4/h5-12,16-17,21,25H,13-15H2,1-4H3/t16-,17+,21+/m1/s1. The zero-order chi connectivity index (χ0) is 21.2. The van der Waals surface area contributed by atoms with Crippen LogP contribution in [-0.2, 0) is 10.0 Å². The van der Waals surface area contributed by atoms with Crippen molar-refractivity contribution in [1.29, 1.82) is 0 Å². The summed E-state index contributed by atoms with van der Waals surface area (Å²) in [4.78, 5) is 2.19. The zero-order valence-electron chi connectivity index (χ0n) is 17.4. The Balaban J connectivity index is 2.14. The highest BCUT2D eigenvalue weighted by Crippen LogP contribution is 2.36. The van der Waals surface area contributed by atoms with Gasteiger partial charge in [0.05, 0.1) is 6.61 Å². The lowest BCUT2D eigenvalue weighted by atomic mass is 10.0. The summed E-state index contributed by atoms with van der Waals surface area (Å²) < 4.78 is 34.6. The number of benzene rings is 2. The molecule has 0 amide bonds. The van der Waals surface area contributed by atoms with Gasteiger partial charge in [0.1, 0.15) is 16.7 Å². The number of aliphatic hydroxyl groups excluding tert-OH is 1. The van der Waals surface area contributed by atoms with Crippen molar-refractivity contribution in [2.45, 2.75) is 30.9 Å². The van der Waals surface area contributed by atoms with E-state index in [4.69, 9.17) is 4.74 Å². The first kappa shape index (κ1) is 21.8. The number of rotatable bonds is 5. The predicted octanol–water partition coefficient (Wildman–Crippen LogP) is 2.68. The van der Waals surface area contributed by atoms with Crippen molar-refractivity contribution in [1.82, 2.24) is 9.21 Å². The first-order valence-electron chi connectivity index (χ1n) is 9.87. The quantitative estimate of drug-likeness (QED) is 0.809. The second-order valence-corrected chi connectivity index (χ2v) is 9.89. The van der Waals surface area contributed by atoms with Crippen LogP contribution in [0.4, 0.5) is 0 Å². The highest BCUT2D eigenvalue weighted by Gasteiger charge is 2.37. The van der Waals surface area contributed by atoms with Gasteiger partial charge in [-0.05, 0) is 44.3 Å². The van der Waals surface area contributed by atoms with Crippen LogP contribution >= 0.6 is 0 Å². The molecule has 0 unspecified atom stereocenters. The molecule has 0 spiro atoms. The third-order valence-electron chi connectivity index (χ3n) is 5.32. The van der Waals surface area contributed by atoms with Gasteiger partial charge >= 0.3 is 0 Å². The van der Waals surface area contributed by atoms with Gasteiger partial charge in [-0.3, -0.25) is 0 Å². The van der Waals surface area contributed by atoms with Crippen LogP contribution in [0, 0.1) is 5.92 Å². The minimum Gasteiger partial charge on any atom is -0.487 e. The van der Waals surface area contributed by atoms with Gasteiger partial charge in [-0.1, -0.05) is 43.3 Å². The van der Waals surface area contributed by atoms with Gasteiger partial charge in [-0.2, -0.15) is 4.31 Å². The third kappa shape index (κ3) is 4.64. The molecule has 1 aliphatic rings. The number of sulfonamides is 1. The first-order valence-corrected chi connectivity index (χ1v) is 11.3. The van der Waals surface area contributed by atoms with Gasteiger partial charge in [0.2, 0.25) is 10.0 Å². The second kappa shape index (κ2) is 8.83. The van der Waals surface area contributed by atoms with Crippen LogP contribution in [0.25, 0.3) is 11.1 Å². The van der Waals surface area contributed by atoms with Crippen LogP contribution in [0.1, 0.15) is 13.8 Å². The molecule has 1 N–H and O–H groups in total. The molecule has 0 saturated heterocycles. The summed E-state index contributed by atoms with van der Waals surface area (Å²) in [5.41, 5.74) is 1.90. The number of aliphatic hydroxyl groups is 1. The van der Waals surface area contributed by atoms with Crippen molar-refractivity contribution < 1.29 is 18.3 Å². The van der Waals surface area contributed by atoms with Crippen molar-refractivity contribution in [3.63, 3.8) is 0 Å². The number of ether oxygens (including phenoxy) is 1. The van der Waals surface area contributed by atoms with Gasteiger partial charge < -0.3 is 14.7 Å². The fraction of sp³-hybridized carbons (Fsp3) is 0.455. The molecule has 3 rings (SSSR count). The first-order chi connectivity index (χ1) is 13.7.